The summed E-state index contributed by atoms with van der Waals surface area (Å²) in [7, 11) is 1.70. The molecule has 0 aromatic heterocycles. The third kappa shape index (κ3) is 3.79. The molecule has 0 amide bonds. The minimum absolute atomic E-state index is 0.399. The Kier molecular flexibility index (Phi) is 5.49. The molecule has 0 saturated heterocycles. The molecule has 0 spiro atoms. The zero-order valence-electron chi connectivity index (χ0n) is 7.34. The Hall–Kier alpha value is -0.820. The van der Waals surface area contributed by atoms with Crippen LogP contribution >= 0.6 is 0 Å². The van der Waals surface area contributed by atoms with Gasteiger partial charge in [-0.25, -0.2) is 0 Å². The van der Waals surface area contributed by atoms with Crippen LogP contribution in [0.5, 0.6) is 0 Å². The average Bonchev–Trinajstić information content (AvgIpc) is 2.00. The smallest absolute Gasteiger partial charge is 0.0528 e. The van der Waals surface area contributed by atoms with E-state index in [9.17, 15) is 0 Å². The summed E-state index contributed by atoms with van der Waals surface area (Å²) in [6, 6.07) is 0. The van der Waals surface area contributed by atoms with E-state index in [4.69, 9.17) is 4.74 Å². The predicted octanol–water partition coefficient (Wildman–Crippen LogP) is 2.57. The van der Waals surface area contributed by atoms with Gasteiger partial charge in [-0.2, -0.15) is 0 Å². The first-order valence-corrected chi connectivity index (χ1v) is 3.70. The van der Waals surface area contributed by atoms with Crippen molar-refractivity contribution in [2.24, 2.45) is 5.92 Å². The summed E-state index contributed by atoms with van der Waals surface area (Å²) >= 11 is 0. The predicted molar refractivity (Wildman–Crippen MR) is 49.5 cm³/mol. The van der Waals surface area contributed by atoms with E-state index >= 15 is 0 Å². The summed E-state index contributed by atoms with van der Waals surface area (Å²) in [6.07, 6.45) is 5.56. The lowest BCUT2D eigenvalue weighted by molar-refractivity contribution is 0.173. The first kappa shape index (κ1) is 10.2. The van der Waals surface area contributed by atoms with E-state index < -0.39 is 0 Å². The van der Waals surface area contributed by atoms with Crippen molar-refractivity contribution in [2.45, 2.75) is 6.92 Å². The van der Waals surface area contributed by atoms with Crippen LogP contribution in [0.25, 0.3) is 0 Å². The molecule has 0 bridgehead atoms. The summed E-state index contributed by atoms with van der Waals surface area (Å²) in [5.74, 6) is 0.399. The van der Waals surface area contributed by atoms with Crippen molar-refractivity contribution in [1.29, 1.82) is 0 Å². The Labute approximate surface area is 69.1 Å². The molecular formula is C10H16O. The van der Waals surface area contributed by atoms with Gasteiger partial charge in [-0.15, -0.1) is 0 Å². The molecular weight excluding hydrogens is 136 g/mol. The Balaban J connectivity index is 4.12. The van der Waals surface area contributed by atoms with E-state index in [0.29, 0.717) is 5.92 Å². The van der Waals surface area contributed by atoms with Crippen LogP contribution < -0.4 is 0 Å². The van der Waals surface area contributed by atoms with E-state index in [1.807, 2.05) is 12.2 Å². The van der Waals surface area contributed by atoms with Gasteiger partial charge in [-0.1, -0.05) is 38.3 Å². The number of rotatable bonds is 5. The van der Waals surface area contributed by atoms with Crippen LogP contribution in [0.1, 0.15) is 6.92 Å². The molecule has 62 valence electrons. The van der Waals surface area contributed by atoms with Crippen molar-refractivity contribution < 1.29 is 4.74 Å². The molecule has 0 aliphatic carbocycles. The third-order valence-corrected chi connectivity index (χ3v) is 1.53. The molecule has 1 heteroatoms. The van der Waals surface area contributed by atoms with Crippen LogP contribution in [0.2, 0.25) is 0 Å². The molecule has 0 aliphatic heterocycles. The number of hydrogen-bond donors (Lipinski definition) is 0. The van der Waals surface area contributed by atoms with Crippen LogP contribution in [-0.2, 0) is 4.74 Å². The highest BCUT2D eigenvalue weighted by Crippen LogP contribution is 2.11. The van der Waals surface area contributed by atoms with Gasteiger partial charge < -0.3 is 4.74 Å². The molecule has 0 N–H and O–H groups in total. The SMILES string of the molecule is C=C/C=C(\C=C)C(C)COC. The lowest BCUT2D eigenvalue weighted by Gasteiger charge is -2.10. The Morgan fingerprint density at radius 2 is 2.18 bits per heavy atom. The topological polar surface area (TPSA) is 9.23 Å². The second-order valence-electron chi connectivity index (χ2n) is 2.46. The van der Waals surface area contributed by atoms with E-state index in [1.54, 1.807) is 13.2 Å². The number of ether oxygens (including phenoxy) is 1. The van der Waals surface area contributed by atoms with Gasteiger partial charge in [-0.05, 0) is 5.57 Å². The Morgan fingerprint density at radius 1 is 1.55 bits per heavy atom. The van der Waals surface area contributed by atoms with Gasteiger partial charge in [-0.3, -0.25) is 0 Å². The van der Waals surface area contributed by atoms with E-state index in [2.05, 4.69) is 20.1 Å². The normalized spacial score (nSPS) is 14.2. The van der Waals surface area contributed by atoms with Crippen molar-refractivity contribution in [1.82, 2.24) is 0 Å². The first-order valence-electron chi connectivity index (χ1n) is 3.70. The zero-order chi connectivity index (χ0) is 8.69. The summed E-state index contributed by atoms with van der Waals surface area (Å²) in [5, 5.41) is 0. The second kappa shape index (κ2) is 5.93. The lowest BCUT2D eigenvalue weighted by atomic mass is 10.0. The fourth-order valence-electron chi connectivity index (χ4n) is 0.916. The molecule has 0 aromatic rings. The number of hydrogen-bond acceptors (Lipinski definition) is 1. The highest BCUT2D eigenvalue weighted by Gasteiger charge is 2.02. The maximum atomic E-state index is 5.01. The maximum Gasteiger partial charge on any atom is 0.0528 e. The molecule has 1 nitrogen and oxygen atoms in total. The Bertz CT molecular complexity index is 156. The van der Waals surface area contributed by atoms with Crippen LogP contribution in [0, 0.1) is 5.92 Å². The largest absolute Gasteiger partial charge is 0.384 e. The van der Waals surface area contributed by atoms with E-state index in [0.717, 1.165) is 6.61 Å². The van der Waals surface area contributed by atoms with Gasteiger partial charge in [0.05, 0.1) is 6.61 Å². The third-order valence-electron chi connectivity index (χ3n) is 1.53. The minimum Gasteiger partial charge on any atom is -0.384 e. The average molecular weight is 152 g/mol. The standard InChI is InChI=1S/C10H16O/c1-5-7-10(6-2)9(3)8-11-4/h5-7,9H,1-2,8H2,3-4H3/b10-7+. The van der Waals surface area contributed by atoms with Crippen LogP contribution in [0.15, 0.2) is 37.0 Å². The zero-order valence-corrected chi connectivity index (χ0v) is 7.34. The molecule has 1 atom stereocenters. The quantitative estimate of drug-likeness (QED) is 0.550. The summed E-state index contributed by atoms with van der Waals surface area (Å²) in [6.45, 7) is 10.2. The molecule has 0 saturated carbocycles. The highest BCUT2D eigenvalue weighted by molar-refractivity contribution is 5.23. The fourth-order valence-corrected chi connectivity index (χ4v) is 0.916. The molecule has 0 aromatic carbocycles. The molecule has 0 radical (unpaired) electrons. The van der Waals surface area contributed by atoms with Crippen LogP contribution in [0.4, 0.5) is 0 Å². The van der Waals surface area contributed by atoms with Crippen LogP contribution in [-0.4, -0.2) is 13.7 Å². The molecule has 0 aliphatic rings. The molecule has 1 unspecified atom stereocenters. The Morgan fingerprint density at radius 3 is 2.55 bits per heavy atom. The van der Waals surface area contributed by atoms with E-state index in [-0.39, 0.29) is 0 Å². The number of methoxy groups -OCH3 is 1. The first-order chi connectivity index (χ1) is 5.26. The van der Waals surface area contributed by atoms with Crippen molar-refractivity contribution in [2.75, 3.05) is 13.7 Å². The summed E-state index contributed by atoms with van der Waals surface area (Å²) < 4.78 is 5.01. The molecule has 0 fully saturated rings. The summed E-state index contributed by atoms with van der Waals surface area (Å²) in [5.41, 5.74) is 1.17. The lowest BCUT2D eigenvalue weighted by Crippen LogP contribution is -2.04. The fraction of sp³-hybridized carbons (Fsp3) is 0.400. The van der Waals surface area contributed by atoms with Gasteiger partial charge in [0, 0.05) is 13.0 Å². The van der Waals surface area contributed by atoms with Gasteiger partial charge in [0.2, 0.25) is 0 Å². The maximum absolute atomic E-state index is 5.01. The van der Waals surface area contributed by atoms with Crippen molar-refractivity contribution in [3.8, 4) is 0 Å². The van der Waals surface area contributed by atoms with Crippen molar-refractivity contribution in [3.05, 3.63) is 37.0 Å². The molecule has 0 rings (SSSR count). The minimum atomic E-state index is 0.399. The highest BCUT2D eigenvalue weighted by atomic mass is 16.5. The molecule has 11 heavy (non-hydrogen) atoms. The van der Waals surface area contributed by atoms with Crippen molar-refractivity contribution in [3.63, 3.8) is 0 Å². The number of allylic oxidation sites excluding steroid dienone is 3. The second-order valence-corrected chi connectivity index (χ2v) is 2.46. The van der Waals surface area contributed by atoms with Gasteiger partial charge >= 0.3 is 0 Å². The van der Waals surface area contributed by atoms with Gasteiger partial charge in [0.15, 0.2) is 0 Å². The monoisotopic (exact) mass is 152 g/mol. The van der Waals surface area contributed by atoms with Crippen molar-refractivity contribution >= 4 is 0 Å². The van der Waals surface area contributed by atoms with Gasteiger partial charge in [0.1, 0.15) is 0 Å². The van der Waals surface area contributed by atoms with E-state index in [1.165, 1.54) is 5.57 Å². The summed E-state index contributed by atoms with van der Waals surface area (Å²) in [4.78, 5) is 0. The van der Waals surface area contributed by atoms with Gasteiger partial charge in [0.25, 0.3) is 0 Å². The molecule has 0 heterocycles. The van der Waals surface area contributed by atoms with Crippen LogP contribution in [0.3, 0.4) is 0 Å².